The molecule has 1 atom stereocenters. The Balaban J connectivity index is 2.10. The second kappa shape index (κ2) is 7.08. The Morgan fingerprint density at radius 3 is 2.74 bits per heavy atom. The Hall–Kier alpha value is -0.840. The summed E-state index contributed by atoms with van der Waals surface area (Å²) < 4.78 is 6.62. The fraction of sp³-hybridized carbons (Fsp3) is 0.333. The lowest BCUT2D eigenvalue weighted by Crippen LogP contribution is -2.20. The summed E-state index contributed by atoms with van der Waals surface area (Å²) in [6.07, 6.45) is 1.03. The van der Waals surface area contributed by atoms with Crippen molar-refractivity contribution >= 4 is 27.3 Å². The lowest BCUT2D eigenvalue weighted by Gasteiger charge is -2.19. The fourth-order valence-electron chi connectivity index (χ4n) is 2.10. The zero-order chi connectivity index (χ0) is 13.7. The van der Waals surface area contributed by atoms with Gasteiger partial charge < -0.3 is 10.1 Å². The van der Waals surface area contributed by atoms with Crippen LogP contribution in [-0.2, 0) is 6.54 Å². The quantitative estimate of drug-likeness (QED) is 0.819. The molecule has 0 spiro atoms. The molecule has 0 fully saturated rings. The molecule has 1 aromatic heterocycles. The van der Waals surface area contributed by atoms with Gasteiger partial charge in [0.2, 0.25) is 0 Å². The minimum atomic E-state index is 0.310. The summed E-state index contributed by atoms with van der Waals surface area (Å²) in [7, 11) is 1.72. The Morgan fingerprint density at radius 2 is 2.11 bits per heavy atom. The third-order valence-corrected chi connectivity index (χ3v) is 5.05. The number of para-hydroxylation sites is 1. The molecule has 0 radical (unpaired) electrons. The Morgan fingerprint density at radius 1 is 1.32 bits per heavy atom. The fourth-order valence-corrected chi connectivity index (χ4v) is 3.54. The first kappa shape index (κ1) is 14.6. The number of thiophene rings is 1. The van der Waals surface area contributed by atoms with Gasteiger partial charge in [-0.15, -0.1) is 11.3 Å². The summed E-state index contributed by atoms with van der Waals surface area (Å²) in [4.78, 5) is 1.33. The van der Waals surface area contributed by atoms with Crippen molar-refractivity contribution in [1.29, 1.82) is 0 Å². The minimum Gasteiger partial charge on any atom is -0.496 e. The van der Waals surface area contributed by atoms with E-state index in [9.17, 15) is 0 Å². The van der Waals surface area contributed by atoms with Gasteiger partial charge >= 0.3 is 0 Å². The van der Waals surface area contributed by atoms with Crippen LogP contribution in [0.2, 0.25) is 0 Å². The van der Waals surface area contributed by atoms with Crippen LogP contribution in [0.5, 0.6) is 5.75 Å². The number of benzene rings is 1. The molecular weight excluding hydrogens is 322 g/mol. The van der Waals surface area contributed by atoms with Crippen molar-refractivity contribution in [3.05, 3.63) is 50.6 Å². The van der Waals surface area contributed by atoms with E-state index in [-0.39, 0.29) is 0 Å². The van der Waals surface area contributed by atoms with E-state index in [1.807, 2.05) is 12.1 Å². The molecule has 19 heavy (non-hydrogen) atoms. The van der Waals surface area contributed by atoms with Crippen molar-refractivity contribution in [2.75, 3.05) is 7.11 Å². The van der Waals surface area contributed by atoms with Crippen LogP contribution in [-0.4, -0.2) is 7.11 Å². The van der Waals surface area contributed by atoms with E-state index in [0.29, 0.717) is 6.04 Å². The molecule has 1 N–H and O–H groups in total. The van der Waals surface area contributed by atoms with E-state index in [0.717, 1.165) is 18.7 Å². The van der Waals surface area contributed by atoms with Crippen LogP contribution in [0.15, 0.2) is 40.2 Å². The third kappa shape index (κ3) is 3.59. The maximum atomic E-state index is 5.44. The number of halogens is 1. The monoisotopic (exact) mass is 339 g/mol. The van der Waals surface area contributed by atoms with Crippen LogP contribution in [0.4, 0.5) is 0 Å². The highest BCUT2D eigenvalue weighted by Crippen LogP contribution is 2.28. The van der Waals surface area contributed by atoms with Crippen molar-refractivity contribution in [2.24, 2.45) is 0 Å². The van der Waals surface area contributed by atoms with E-state index in [1.54, 1.807) is 18.4 Å². The van der Waals surface area contributed by atoms with E-state index in [1.165, 1.54) is 14.9 Å². The molecule has 102 valence electrons. The molecule has 4 heteroatoms. The molecule has 1 heterocycles. The minimum absolute atomic E-state index is 0.310. The third-order valence-electron chi connectivity index (χ3n) is 3.12. The first-order valence-electron chi connectivity index (χ1n) is 6.34. The second-order valence-corrected chi connectivity index (χ2v) is 6.13. The largest absolute Gasteiger partial charge is 0.496 e. The number of rotatable bonds is 6. The van der Waals surface area contributed by atoms with Gasteiger partial charge in [0.15, 0.2) is 0 Å². The predicted octanol–water partition coefficient (Wildman–Crippen LogP) is 4.76. The Kier molecular flexibility index (Phi) is 5.43. The van der Waals surface area contributed by atoms with Gasteiger partial charge in [0.05, 0.1) is 7.11 Å². The average molecular weight is 340 g/mol. The Bertz CT molecular complexity index is 526. The highest BCUT2D eigenvalue weighted by atomic mass is 79.9. The van der Waals surface area contributed by atoms with Crippen molar-refractivity contribution < 1.29 is 4.74 Å². The van der Waals surface area contributed by atoms with Gasteiger partial charge in [-0.05, 0) is 39.9 Å². The molecule has 2 aromatic rings. The van der Waals surface area contributed by atoms with Crippen LogP contribution >= 0.6 is 27.3 Å². The molecule has 2 nitrogen and oxygen atoms in total. The molecule has 0 aliphatic carbocycles. The molecule has 0 saturated carbocycles. The zero-order valence-corrected chi connectivity index (χ0v) is 13.6. The molecule has 0 saturated heterocycles. The number of methoxy groups -OCH3 is 1. The normalized spacial score (nSPS) is 12.4. The number of nitrogens with one attached hydrogen (secondary N) is 1. The standard InChI is InChI=1S/C15H18BrNOS/c1-3-13(11-6-4-5-7-14(11)18-2)17-10-15-12(16)8-9-19-15/h4-9,13,17H,3,10H2,1-2H3. The number of hydrogen-bond donors (Lipinski definition) is 1. The van der Waals surface area contributed by atoms with Gasteiger partial charge in [-0.1, -0.05) is 25.1 Å². The summed E-state index contributed by atoms with van der Waals surface area (Å²) in [6.45, 7) is 3.06. The van der Waals surface area contributed by atoms with E-state index in [4.69, 9.17) is 4.74 Å². The lowest BCUT2D eigenvalue weighted by molar-refractivity contribution is 0.396. The number of ether oxygens (including phenoxy) is 1. The highest BCUT2D eigenvalue weighted by Gasteiger charge is 2.14. The molecule has 2 rings (SSSR count). The molecule has 0 aliphatic heterocycles. The first-order chi connectivity index (χ1) is 9.26. The summed E-state index contributed by atoms with van der Waals surface area (Å²) in [5.74, 6) is 0.951. The van der Waals surface area contributed by atoms with Crippen molar-refractivity contribution in [2.45, 2.75) is 25.9 Å². The van der Waals surface area contributed by atoms with Crippen LogP contribution in [0.3, 0.4) is 0 Å². The molecular formula is C15H18BrNOS. The van der Waals surface area contributed by atoms with E-state index in [2.05, 4.69) is 51.7 Å². The van der Waals surface area contributed by atoms with Gasteiger partial charge in [-0.25, -0.2) is 0 Å². The van der Waals surface area contributed by atoms with Crippen molar-refractivity contribution in [3.63, 3.8) is 0 Å². The molecule has 0 aliphatic rings. The summed E-state index contributed by atoms with van der Waals surface area (Å²) in [5.41, 5.74) is 1.22. The molecule has 1 unspecified atom stereocenters. The van der Waals surface area contributed by atoms with Crippen LogP contribution in [0, 0.1) is 0 Å². The average Bonchev–Trinajstić information content (AvgIpc) is 2.85. The second-order valence-electron chi connectivity index (χ2n) is 4.28. The van der Waals surface area contributed by atoms with Crippen LogP contribution < -0.4 is 10.1 Å². The van der Waals surface area contributed by atoms with Gasteiger partial charge in [-0.3, -0.25) is 0 Å². The smallest absolute Gasteiger partial charge is 0.123 e. The van der Waals surface area contributed by atoms with Gasteiger partial charge in [0.25, 0.3) is 0 Å². The van der Waals surface area contributed by atoms with Gasteiger partial charge in [0.1, 0.15) is 5.75 Å². The molecule has 0 amide bonds. The summed E-state index contributed by atoms with van der Waals surface area (Å²) >= 11 is 5.33. The van der Waals surface area contributed by atoms with Crippen molar-refractivity contribution in [3.8, 4) is 5.75 Å². The topological polar surface area (TPSA) is 21.3 Å². The van der Waals surface area contributed by atoms with E-state index >= 15 is 0 Å². The Labute approximate surface area is 126 Å². The zero-order valence-electron chi connectivity index (χ0n) is 11.2. The molecule has 0 bridgehead atoms. The first-order valence-corrected chi connectivity index (χ1v) is 8.01. The van der Waals surface area contributed by atoms with Crippen LogP contribution in [0.1, 0.15) is 29.8 Å². The molecule has 1 aromatic carbocycles. The van der Waals surface area contributed by atoms with Gasteiger partial charge in [0, 0.05) is 27.5 Å². The van der Waals surface area contributed by atoms with Gasteiger partial charge in [-0.2, -0.15) is 0 Å². The van der Waals surface area contributed by atoms with E-state index < -0.39 is 0 Å². The summed E-state index contributed by atoms with van der Waals surface area (Å²) in [5, 5.41) is 5.71. The summed E-state index contributed by atoms with van der Waals surface area (Å²) in [6, 6.07) is 10.6. The maximum Gasteiger partial charge on any atom is 0.123 e. The maximum absolute atomic E-state index is 5.44. The highest BCUT2D eigenvalue weighted by molar-refractivity contribution is 9.10. The SMILES string of the molecule is CCC(NCc1sccc1Br)c1ccccc1OC. The lowest BCUT2D eigenvalue weighted by atomic mass is 10.0. The number of hydrogen-bond acceptors (Lipinski definition) is 3. The predicted molar refractivity (Wildman–Crippen MR) is 84.9 cm³/mol. The van der Waals surface area contributed by atoms with Crippen molar-refractivity contribution in [1.82, 2.24) is 5.32 Å². The van der Waals surface area contributed by atoms with Crippen LogP contribution in [0.25, 0.3) is 0 Å².